The zero-order chi connectivity index (χ0) is 48.9. The smallest absolute Gasteiger partial charge is 0.305 e. The van der Waals surface area contributed by atoms with Crippen molar-refractivity contribution >= 4 is 48.1 Å². The second kappa shape index (κ2) is 27.2. The molecule has 1 unspecified atom stereocenters. The highest BCUT2D eigenvalue weighted by atomic mass is 32.2. The van der Waals surface area contributed by atoms with E-state index in [4.69, 9.17) is 42.5 Å². The molecular weight excluding hydrogens is 941 g/mol. The maximum atomic E-state index is 12.3. The Hall–Kier alpha value is -4.11. The lowest BCUT2D eigenvalue weighted by Gasteiger charge is -2.30. The number of rotatable bonds is 33. The fourth-order valence-corrected chi connectivity index (χ4v) is 8.94. The number of ether oxygens (including phenoxy) is 6. The van der Waals surface area contributed by atoms with Gasteiger partial charge in [0.05, 0.1) is 114 Å². The van der Waals surface area contributed by atoms with Gasteiger partial charge >= 0.3 is 5.97 Å². The van der Waals surface area contributed by atoms with Crippen LogP contribution in [0.25, 0.3) is 17.4 Å². The van der Waals surface area contributed by atoms with Gasteiger partial charge in [0.2, 0.25) is 5.36 Å². The summed E-state index contributed by atoms with van der Waals surface area (Å²) in [5, 5.41) is 9.38. The molecule has 2 aliphatic heterocycles. The SMILES string of the molecule is CC[N+](CCCS(=O)(=O)O)=c1ccc2c(C=CC=C3N(CCOCCOCCOCCOCCOCCOCCC(=O)O)c4ccc(S(=O)(=O)O)cc4C3(C)CCCS(=O)(=O)O)ccoc-2c1. The van der Waals surface area contributed by atoms with E-state index in [0.29, 0.717) is 95.2 Å². The van der Waals surface area contributed by atoms with Gasteiger partial charge in [0.15, 0.2) is 0 Å². The first-order chi connectivity index (χ1) is 31.8. The van der Waals surface area contributed by atoms with Crippen LogP contribution in [0.15, 0.2) is 75.9 Å². The summed E-state index contributed by atoms with van der Waals surface area (Å²) < 4.78 is 140. The molecule has 0 spiro atoms. The van der Waals surface area contributed by atoms with Crippen molar-refractivity contribution in [2.24, 2.45) is 0 Å². The summed E-state index contributed by atoms with van der Waals surface area (Å²) in [5.41, 5.74) is 2.43. The van der Waals surface area contributed by atoms with E-state index < -0.39 is 47.5 Å². The number of carboxylic acids is 1. The van der Waals surface area contributed by atoms with E-state index in [2.05, 4.69) is 0 Å². The third-order valence-electron chi connectivity index (χ3n) is 10.7. The topological polar surface area (TPSA) is 275 Å². The van der Waals surface area contributed by atoms with Crippen LogP contribution >= 0.6 is 0 Å². The van der Waals surface area contributed by atoms with Crippen LogP contribution in [0.1, 0.15) is 50.7 Å². The van der Waals surface area contributed by atoms with E-state index >= 15 is 0 Å². The number of nitrogens with zero attached hydrogens (tertiary/aromatic N) is 2. The van der Waals surface area contributed by atoms with E-state index in [9.17, 15) is 39.2 Å². The summed E-state index contributed by atoms with van der Waals surface area (Å²) in [6.07, 6.45) is 7.49. The van der Waals surface area contributed by atoms with Gasteiger partial charge in [-0.1, -0.05) is 12.2 Å². The molecule has 374 valence electrons. The van der Waals surface area contributed by atoms with Gasteiger partial charge in [-0.2, -0.15) is 25.3 Å². The van der Waals surface area contributed by atoms with Crippen LogP contribution in [0.3, 0.4) is 0 Å². The van der Waals surface area contributed by atoms with E-state index in [1.165, 1.54) is 12.1 Å². The Labute approximate surface area is 392 Å². The van der Waals surface area contributed by atoms with Crippen LogP contribution in [-0.2, 0) is 69.0 Å². The van der Waals surface area contributed by atoms with Crippen molar-refractivity contribution in [3.63, 3.8) is 0 Å². The number of fused-ring (bicyclic) bond motifs is 2. The minimum atomic E-state index is -4.60. The highest BCUT2D eigenvalue weighted by Gasteiger charge is 2.43. The molecule has 0 bridgehead atoms. The Morgan fingerprint density at radius 2 is 1.31 bits per heavy atom. The molecule has 2 heterocycles. The molecule has 67 heavy (non-hydrogen) atoms. The molecule has 0 amide bonds. The molecule has 0 saturated heterocycles. The molecule has 23 heteroatoms. The number of carbonyl (C=O) groups is 1. The van der Waals surface area contributed by atoms with Gasteiger partial charge in [-0.15, -0.1) is 0 Å². The summed E-state index contributed by atoms with van der Waals surface area (Å²) in [7, 11) is -13.0. The van der Waals surface area contributed by atoms with Crippen molar-refractivity contribution in [1.29, 1.82) is 0 Å². The number of carboxylic acid groups (broad SMARTS) is 1. The van der Waals surface area contributed by atoms with Gasteiger partial charge in [0.1, 0.15) is 18.8 Å². The first-order valence-electron chi connectivity index (χ1n) is 21.8. The molecule has 1 aromatic carbocycles. The number of hydrogen-bond acceptors (Lipinski definition) is 15. The molecule has 20 nitrogen and oxygen atoms in total. The number of hydrogen-bond donors (Lipinski definition) is 4. The molecule has 4 rings (SSSR count). The first kappa shape index (κ1) is 55.5. The van der Waals surface area contributed by atoms with Gasteiger partial charge in [-0.05, 0) is 74.2 Å². The fourth-order valence-electron chi connectivity index (χ4n) is 7.43. The Balaban J connectivity index is 1.41. The molecule has 0 fully saturated rings. The molecule has 0 aromatic heterocycles. The zero-order valence-electron chi connectivity index (χ0n) is 37.8. The summed E-state index contributed by atoms with van der Waals surface area (Å²) in [6, 6.07) is 11.7. The molecule has 1 aliphatic carbocycles. The molecule has 0 radical (unpaired) electrons. The first-order valence-corrected chi connectivity index (χ1v) is 26.4. The summed E-state index contributed by atoms with van der Waals surface area (Å²) >= 11 is 0. The van der Waals surface area contributed by atoms with Gasteiger partial charge in [0.25, 0.3) is 30.4 Å². The average Bonchev–Trinajstić information content (AvgIpc) is 3.48. The van der Waals surface area contributed by atoms with Crippen LogP contribution in [0.2, 0.25) is 0 Å². The largest absolute Gasteiger partial charge is 0.481 e. The Bertz CT molecular complexity index is 2490. The molecule has 0 saturated carbocycles. The van der Waals surface area contributed by atoms with Crippen molar-refractivity contribution in [1.82, 2.24) is 4.58 Å². The normalized spacial score (nSPS) is 16.7. The maximum absolute atomic E-state index is 12.3. The number of benzene rings is 2. The maximum Gasteiger partial charge on any atom is 0.305 e. The summed E-state index contributed by atoms with van der Waals surface area (Å²) in [5.74, 6) is -1.22. The van der Waals surface area contributed by atoms with E-state index in [1.54, 1.807) is 18.4 Å². The second-order valence-corrected chi connectivity index (χ2v) is 20.1. The quantitative estimate of drug-likeness (QED) is 0.0385. The third kappa shape index (κ3) is 19.1. The van der Waals surface area contributed by atoms with Crippen LogP contribution < -0.4 is 14.8 Å². The lowest BCUT2D eigenvalue weighted by atomic mass is 9.77. The van der Waals surface area contributed by atoms with E-state index in [0.717, 1.165) is 16.5 Å². The highest BCUT2D eigenvalue weighted by Crippen LogP contribution is 2.51. The molecule has 3 aliphatic rings. The fraction of sp³-hybridized carbons (Fsp3) is 0.545. The Morgan fingerprint density at radius 1 is 0.746 bits per heavy atom. The van der Waals surface area contributed by atoms with E-state index in [1.807, 2.05) is 59.8 Å². The summed E-state index contributed by atoms with van der Waals surface area (Å²) in [6.45, 7) is 8.77. The predicted molar refractivity (Wildman–Crippen MR) is 248 cm³/mol. The minimum Gasteiger partial charge on any atom is -0.481 e. The van der Waals surface area contributed by atoms with Crippen molar-refractivity contribution in [3.05, 3.63) is 83.1 Å². The molecular formula is C44H63N2O18S3+. The highest BCUT2D eigenvalue weighted by molar-refractivity contribution is 7.86. The standard InChI is InChI=1S/C44H62N2O18S3/c1-3-45(16-6-32-66(52,53)54)36-9-11-38-35(13-19-64-41(38)33-36)7-4-8-42-44(2,15-5-31-65(49,50)51)39-34-37(67(55,56)57)10-12-40(39)46(42)17-20-59-22-24-61-26-28-63-30-29-62-27-25-60-23-21-58-18-14-43(47)48/h4,7-13,19,33-34H,3,5-6,14-18,20-32H2,1-2H3,(H3-,47,48,49,50,51,52,53,54,55,56,57)/p+1. The Kier molecular flexibility index (Phi) is 22.5. The number of aliphatic carboxylic acids is 1. The lowest BCUT2D eigenvalue weighted by Crippen LogP contribution is -2.31. The average molecular weight is 1000 g/mol. The van der Waals surface area contributed by atoms with Crippen LogP contribution in [-0.4, -0.2) is 160 Å². The number of allylic oxidation sites excluding steroid dienone is 3. The monoisotopic (exact) mass is 1000 g/mol. The van der Waals surface area contributed by atoms with Gasteiger partial charge in [-0.3, -0.25) is 18.5 Å². The van der Waals surface area contributed by atoms with Crippen molar-refractivity contribution in [3.8, 4) is 11.3 Å². The third-order valence-corrected chi connectivity index (χ3v) is 13.2. The van der Waals surface area contributed by atoms with Crippen LogP contribution in [0, 0.1) is 0 Å². The van der Waals surface area contributed by atoms with E-state index in [-0.39, 0.29) is 62.8 Å². The molecule has 1 atom stereocenters. The predicted octanol–water partition coefficient (Wildman–Crippen LogP) is 3.62. The van der Waals surface area contributed by atoms with Gasteiger partial charge < -0.3 is 42.8 Å². The summed E-state index contributed by atoms with van der Waals surface area (Å²) in [4.78, 5) is 12.1. The van der Waals surface area contributed by atoms with Crippen LogP contribution in [0.5, 0.6) is 0 Å². The lowest BCUT2D eigenvalue weighted by molar-refractivity contribution is -0.138. The van der Waals surface area contributed by atoms with Crippen LogP contribution in [0.4, 0.5) is 5.69 Å². The van der Waals surface area contributed by atoms with Crippen molar-refractivity contribution < 1.29 is 81.7 Å². The number of anilines is 1. The van der Waals surface area contributed by atoms with Crippen molar-refractivity contribution in [2.75, 3.05) is 115 Å². The Morgan fingerprint density at radius 3 is 1.87 bits per heavy atom. The zero-order valence-corrected chi connectivity index (χ0v) is 40.3. The second-order valence-electron chi connectivity index (χ2n) is 15.5. The minimum absolute atomic E-state index is 0.0349. The van der Waals surface area contributed by atoms with Gasteiger partial charge in [0, 0.05) is 41.4 Å². The van der Waals surface area contributed by atoms with Gasteiger partial charge in [-0.25, -0.2) is 4.58 Å². The molecule has 4 N–H and O–H groups in total. The van der Waals surface area contributed by atoms with Crippen molar-refractivity contribution in [2.45, 2.75) is 49.8 Å². The molecule has 1 aromatic rings.